The second kappa shape index (κ2) is 7.90. The van der Waals surface area contributed by atoms with Gasteiger partial charge < -0.3 is 15.2 Å². The van der Waals surface area contributed by atoms with E-state index in [0.717, 1.165) is 0 Å². The van der Waals surface area contributed by atoms with Crippen LogP contribution in [0.2, 0.25) is 0 Å². The third-order valence-electron chi connectivity index (χ3n) is 1.71. The predicted molar refractivity (Wildman–Crippen MR) is 50.6 cm³/mol. The van der Waals surface area contributed by atoms with Crippen LogP contribution in [0.15, 0.2) is 0 Å². The summed E-state index contributed by atoms with van der Waals surface area (Å²) in [4.78, 5) is 0. The van der Waals surface area contributed by atoms with E-state index < -0.39 is 12.8 Å². The molecule has 15 heavy (non-hydrogen) atoms. The standard InChI is InChI=1S/C9H18F3NO2/c1-8(6-14)5-13-3-2-4-15-7-9(10,11)12/h8,13-14H,2-7H2,1H3. The summed E-state index contributed by atoms with van der Waals surface area (Å²) in [6.07, 6.45) is -3.70. The van der Waals surface area contributed by atoms with Crippen LogP contribution >= 0.6 is 0 Å². The molecule has 0 aromatic carbocycles. The van der Waals surface area contributed by atoms with Gasteiger partial charge in [-0.3, -0.25) is 0 Å². The molecule has 0 saturated carbocycles. The maximum Gasteiger partial charge on any atom is 0.411 e. The molecule has 0 bridgehead atoms. The van der Waals surface area contributed by atoms with Crippen molar-refractivity contribution >= 4 is 0 Å². The van der Waals surface area contributed by atoms with Gasteiger partial charge in [0.2, 0.25) is 0 Å². The van der Waals surface area contributed by atoms with Gasteiger partial charge in [0.05, 0.1) is 0 Å². The predicted octanol–water partition coefficient (Wildman–Crippen LogP) is 1.17. The third-order valence-corrected chi connectivity index (χ3v) is 1.71. The number of halogens is 3. The first kappa shape index (κ1) is 14.7. The highest BCUT2D eigenvalue weighted by Crippen LogP contribution is 2.14. The van der Waals surface area contributed by atoms with E-state index in [1.807, 2.05) is 6.92 Å². The topological polar surface area (TPSA) is 41.5 Å². The second-order valence-electron chi connectivity index (χ2n) is 3.51. The Bertz CT molecular complexity index is 153. The molecule has 1 atom stereocenters. The maximum atomic E-state index is 11.6. The van der Waals surface area contributed by atoms with Crippen molar-refractivity contribution in [2.24, 2.45) is 5.92 Å². The molecule has 92 valence electrons. The van der Waals surface area contributed by atoms with Crippen molar-refractivity contribution in [3.8, 4) is 0 Å². The Kier molecular flexibility index (Phi) is 7.72. The summed E-state index contributed by atoms with van der Waals surface area (Å²) >= 11 is 0. The van der Waals surface area contributed by atoms with E-state index >= 15 is 0 Å². The highest BCUT2D eigenvalue weighted by Gasteiger charge is 2.27. The van der Waals surface area contributed by atoms with Gasteiger partial charge in [0.1, 0.15) is 6.61 Å². The van der Waals surface area contributed by atoms with Gasteiger partial charge in [0.25, 0.3) is 0 Å². The van der Waals surface area contributed by atoms with E-state index in [0.29, 0.717) is 19.5 Å². The fourth-order valence-corrected chi connectivity index (χ4v) is 0.900. The van der Waals surface area contributed by atoms with Crippen LogP contribution in [-0.4, -0.2) is 44.2 Å². The van der Waals surface area contributed by atoms with Crippen LogP contribution in [0, 0.1) is 5.92 Å². The summed E-state index contributed by atoms with van der Waals surface area (Å²) in [5.74, 6) is 0.168. The molecule has 0 saturated heterocycles. The van der Waals surface area contributed by atoms with E-state index in [4.69, 9.17) is 5.11 Å². The van der Waals surface area contributed by atoms with Gasteiger partial charge >= 0.3 is 6.18 Å². The molecule has 0 amide bonds. The largest absolute Gasteiger partial charge is 0.411 e. The van der Waals surface area contributed by atoms with Crippen molar-refractivity contribution in [2.45, 2.75) is 19.5 Å². The Morgan fingerprint density at radius 2 is 2.07 bits per heavy atom. The van der Waals surface area contributed by atoms with E-state index in [9.17, 15) is 13.2 Å². The number of hydrogen-bond donors (Lipinski definition) is 2. The smallest absolute Gasteiger partial charge is 0.396 e. The highest BCUT2D eigenvalue weighted by atomic mass is 19.4. The molecule has 0 radical (unpaired) electrons. The minimum Gasteiger partial charge on any atom is -0.396 e. The molecular formula is C9H18F3NO2. The van der Waals surface area contributed by atoms with Crippen LogP contribution in [0.25, 0.3) is 0 Å². The Balaban J connectivity index is 3.12. The van der Waals surface area contributed by atoms with E-state index in [2.05, 4.69) is 10.1 Å². The van der Waals surface area contributed by atoms with Crippen molar-refractivity contribution in [3.63, 3.8) is 0 Å². The molecule has 3 nitrogen and oxygen atoms in total. The molecule has 6 heteroatoms. The zero-order valence-electron chi connectivity index (χ0n) is 8.81. The maximum absolute atomic E-state index is 11.6. The van der Waals surface area contributed by atoms with Gasteiger partial charge in [-0.1, -0.05) is 6.92 Å². The van der Waals surface area contributed by atoms with Gasteiger partial charge in [-0.2, -0.15) is 13.2 Å². The Labute approximate surface area is 87.6 Å². The quantitative estimate of drug-likeness (QED) is 0.614. The Morgan fingerprint density at radius 3 is 2.60 bits per heavy atom. The number of nitrogens with one attached hydrogen (secondary N) is 1. The van der Waals surface area contributed by atoms with Gasteiger partial charge in [-0.15, -0.1) is 0 Å². The molecule has 0 spiro atoms. The average Bonchev–Trinajstić information content (AvgIpc) is 2.14. The molecule has 1 unspecified atom stereocenters. The normalized spacial score (nSPS) is 14.2. The van der Waals surface area contributed by atoms with Gasteiger partial charge in [-0.05, 0) is 25.4 Å². The average molecular weight is 229 g/mol. The summed E-state index contributed by atoms with van der Waals surface area (Å²) < 4.78 is 39.3. The summed E-state index contributed by atoms with van der Waals surface area (Å²) in [5.41, 5.74) is 0. The summed E-state index contributed by atoms with van der Waals surface area (Å²) in [6.45, 7) is 2.17. The number of alkyl halides is 3. The van der Waals surface area contributed by atoms with Crippen molar-refractivity contribution in [3.05, 3.63) is 0 Å². The molecule has 0 aliphatic heterocycles. The summed E-state index contributed by atoms with van der Waals surface area (Å²) in [5, 5.41) is 11.7. The van der Waals surface area contributed by atoms with Gasteiger partial charge in [-0.25, -0.2) is 0 Å². The minimum atomic E-state index is -4.24. The lowest BCUT2D eigenvalue weighted by atomic mass is 10.2. The van der Waals surface area contributed by atoms with E-state index in [1.165, 1.54) is 0 Å². The summed E-state index contributed by atoms with van der Waals surface area (Å²) in [6, 6.07) is 0. The highest BCUT2D eigenvalue weighted by molar-refractivity contribution is 4.55. The molecule has 0 aliphatic carbocycles. The minimum absolute atomic E-state index is 0.0972. The molecular weight excluding hydrogens is 211 g/mol. The number of hydrogen-bond acceptors (Lipinski definition) is 3. The second-order valence-corrected chi connectivity index (χ2v) is 3.51. The van der Waals surface area contributed by atoms with Crippen molar-refractivity contribution < 1.29 is 23.0 Å². The van der Waals surface area contributed by atoms with Crippen molar-refractivity contribution in [1.82, 2.24) is 5.32 Å². The molecule has 0 aromatic heterocycles. The zero-order valence-corrected chi connectivity index (χ0v) is 8.81. The van der Waals surface area contributed by atoms with Gasteiger partial charge in [0.15, 0.2) is 0 Å². The lowest BCUT2D eigenvalue weighted by Crippen LogP contribution is -2.25. The van der Waals surface area contributed by atoms with Crippen LogP contribution in [0.1, 0.15) is 13.3 Å². The molecule has 0 fully saturated rings. The van der Waals surface area contributed by atoms with E-state index in [1.54, 1.807) is 0 Å². The third kappa shape index (κ3) is 11.6. The SMILES string of the molecule is CC(CO)CNCCCOCC(F)(F)F. The molecule has 2 N–H and O–H groups in total. The van der Waals surface area contributed by atoms with Crippen molar-refractivity contribution in [1.29, 1.82) is 0 Å². The van der Waals surface area contributed by atoms with Crippen LogP contribution in [0.4, 0.5) is 13.2 Å². The first-order chi connectivity index (χ1) is 6.95. The molecule has 0 aromatic rings. The lowest BCUT2D eigenvalue weighted by molar-refractivity contribution is -0.173. The molecule has 0 rings (SSSR count). The van der Waals surface area contributed by atoms with Crippen LogP contribution in [0.5, 0.6) is 0 Å². The summed E-state index contributed by atoms with van der Waals surface area (Å²) in [7, 11) is 0. The van der Waals surface area contributed by atoms with Gasteiger partial charge in [0, 0.05) is 13.2 Å². The lowest BCUT2D eigenvalue weighted by Gasteiger charge is -2.10. The first-order valence-electron chi connectivity index (χ1n) is 4.92. The fourth-order valence-electron chi connectivity index (χ4n) is 0.900. The number of aliphatic hydroxyl groups excluding tert-OH is 1. The fraction of sp³-hybridized carbons (Fsp3) is 1.00. The number of ether oxygens (including phenoxy) is 1. The number of rotatable bonds is 8. The van der Waals surface area contributed by atoms with Crippen LogP contribution in [-0.2, 0) is 4.74 Å². The first-order valence-corrected chi connectivity index (χ1v) is 4.92. The molecule has 0 aliphatic rings. The number of aliphatic hydroxyl groups is 1. The molecule has 0 heterocycles. The zero-order chi connectivity index (χ0) is 11.7. The van der Waals surface area contributed by atoms with E-state index in [-0.39, 0.29) is 19.1 Å². The van der Waals surface area contributed by atoms with Crippen LogP contribution < -0.4 is 5.32 Å². The Morgan fingerprint density at radius 1 is 1.40 bits per heavy atom. The Hall–Kier alpha value is -0.330. The monoisotopic (exact) mass is 229 g/mol. The van der Waals surface area contributed by atoms with Crippen LogP contribution in [0.3, 0.4) is 0 Å². The van der Waals surface area contributed by atoms with Crippen molar-refractivity contribution in [2.75, 3.05) is 32.9 Å².